The van der Waals surface area contributed by atoms with Gasteiger partial charge in [0.25, 0.3) is 0 Å². The number of para-hydroxylation sites is 1. The monoisotopic (exact) mass is 367 g/mol. The average molecular weight is 367 g/mol. The Morgan fingerprint density at radius 1 is 1.27 bits per heavy atom. The Balaban J connectivity index is 1.61. The van der Waals surface area contributed by atoms with E-state index in [1.54, 1.807) is 12.1 Å². The number of nitrogens with zero attached hydrogens (tertiary/aromatic N) is 3. The lowest BCUT2D eigenvalue weighted by molar-refractivity contribution is -0.153. The molecule has 2 aromatic rings. The van der Waals surface area contributed by atoms with Gasteiger partial charge in [0, 0.05) is 44.5 Å². The van der Waals surface area contributed by atoms with E-state index >= 15 is 0 Å². The molecule has 26 heavy (non-hydrogen) atoms. The fraction of sp³-hybridized carbons (Fsp3) is 0.526. The predicted octanol–water partition coefficient (Wildman–Crippen LogP) is 3.82. The van der Waals surface area contributed by atoms with Crippen LogP contribution in [0.15, 0.2) is 36.7 Å². The predicted molar refractivity (Wildman–Crippen MR) is 92.9 cm³/mol. The molecule has 1 aliphatic heterocycles. The molecule has 0 unspecified atom stereocenters. The molecule has 2 heterocycles. The lowest BCUT2D eigenvalue weighted by Gasteiger charge is -2.33. The Bertz CT molecular complexity index is 714. The summed E-state index contributed by atoms with van der Waals surface area (Å²) in [5, 5.41) is 0. The third-order valence-electron chi connectivity index (χ3n) is 4.75. The van der Waals surface area contributed by atoms with Crippen molar-refractivity contribution in [1.82, 2.24) is 14.5 Å². The molecule has 1 atom stereocenters. The fourth-order valence-corrected chi connectivity index (χ4v) is 3.49. The van der Waals surface area contributed by atoms with Gasteiger partial charge in [0.15, 0.2) is 6.61 Å². The van der Waals surface area contributed by atoms with Crippen LogP contribution in [0.4, 0.5) is 13.2 Å². The van der Waals surface area contributed by atoms with Crippen molar-refractivity contribution < 1.29 is 17.9 Å². The summed E-state index contributed by atoms with van der Waals surface area (Å²) < 4.78 is 44.4. The van der Waals surface area contributed by atoms with E-state index in [9.17, 15) is 13.2 Å². The van der Waals surface area contributed by atoms with E-state index in [1.807, 2.05) is 36.1 Å². The second-order valence-corrected chi connectivity index (χ2v) is 6.91. The zero-order valence-corrected chi connectivity index (χ0v) is 14.9. The summed E-state index contributed by atoms with van der Waals surface area (Å²) in [7, 11) is 2.00. The zero-order chi connectivity index (χ0) is 18.6. The highest BCUT2D eigenvalue weighted by molar-refractivity contribution is 5.33. The van der Waals surface area contributed by atoms with E-state index in [0.29, 0.717) is 18.2 Å². The first-order valence-electron chi connectivity index (χ1n) is 8.87. The molecule has 0 radical (unpaired) electrons. The fourth-order valence-electron chi connectivity index (χ4n) is 3.49. The second kappa shape index (κ2) is 8.12. The lowest BCUT2D eigenvalue weighted by atomic mass is 9.94. The van der Waals surface area contributed by atoms with Crippen molar-refractivity contribution in [2.75, 3.05) is 19.7 Å². The van der Waals surface area contributed by atoms with Crippen molar-refractivity contribution in [1.29, 1.82) is 0 Å². The Morgan fingerprint density at radius 3 is 2.81 bits per heavy atom. The van der Waals surface area contributed by atoms with Crippen LogP contribution in [0, 0.1) is 5.92 Å². The van der Waals surface area contributed by atoms with Crippen molar-refractivity contribution in [2.45, 2.75) is 32.0 Å². The van der Waals surface area contributed by atoms with Crippen LogP contribution in [0.5, 0.6) is 5.75 Å². The molecule has 0 N–H and O–H groups in total. The summed E-state index contributed by atoms with van der Waals surface area (Å²) in [5.74, 6) is 1.90. The highest BCUT2D eigenvalue weighted by atomic mass is 19.4. The molecule has 1 aromatic carbocycles. The SMILES string of the molecule is Cn1ccnc1C[C@@H]1CCCN(Cc2ccccc2OCC(F)(F)F)C1. The molecular weight excluding hydrogens is 343 g/mol. The molecule has 0 saturated carbocycles. The van der Waals surface area contributed by atoms with Crippen LogP contribution in [-0.2, 0) is 20.0 Å². The van der Waals surface area contributed by atoms with Crippen molar-refractivity contribution >= 4 is 0 Å². The Hall–Kier alpha value is -2.02. The van der Waals surface area contributed by atoms with Gasteiger partial charge in [-0.05, 0) is 31.4 Å². The summed E-state index contributed by atoms with van der Waals surface area (Å²) in [6.07, 6.45) is 2.59. The summed E-state index contributed by atoms with van der Waals surface area (Å²) >= 11 is 0. The normalized spacial score (nSPS) is 18.8. The standard InChI is InChI=1S/C19H24F3N3O/c1-24-10-8-23-18(24)11-15-5-4-9-25(12-15)13-16-6-2-3-7-17(16)26-14-19(20,21)22/h2-3,6-8,10,15H,4-5,9,11-14H2,1H3/t15-/m0/s1. The maximum atomic E-state index is 12.5. The van der Waals surface area contributed by atoms with Gasteiger partial charge >= 0.3 is 6.18 Å². The molecule has 1 aromatic heterocycles. The molecule has 0 amide bonds. The van der Waals surface area contributed by atoms with Crippen LogP contribution in [0.2, 0.25) is 0 Å². The van der Waals surface area contributed by atoms with Gasteiger partial charge in [0.1, 0.15) is 11.6 Å². The van der Waals surface area contributed by atoms with Crippen molar-refractivity contribution in [2.24, 2.45) is 13.0 Å². The highest BCUT2D eigenvalue weighted by Gasteiger charge is 2.29. The molecule has 0 aliphatic carbocycles. The summed E-state index contributed by atoms with van der Waals surface area (Å²) in [5.41, 5.74) is 0.800. The lowest BCUT2D eigenvalue weighted by Crippen LogP contribution is -2.36. The minimum absolute atomic E-state index is 0.316. The van der Waals surface area contributed by atoms with Gasteiger partial charge in [0.2, 0.25) is 0 Å². The van der Waals surface area contributed by atoms with E-state index in [1.165, 1.54) is 0 Å². The van der Waals surface area contributed by atoms with Gasteiger partial charge in [-0.15, -0.1) is 0 Å². The first-order chi connectivity index (χ1) is 12.4. The number of likely N-dealkylation sites (tertiary alicyclic amines) is 1. The van der Waals surface area contributed by atoms with Gasteiger partial charge < -0.3 is 9.30 Å². The van der Waals surface area contributed by atoms with E-state index < -0.39 is 12.8 Å². The number of ether oxygens (including phenoxy) is 1. The van der Waals surface area contributed by atoms with Crippen molar-refractivity contribution in [3.05, 3.63) is 48.0 Å². The molecule has 4 nitrogen and oxygen atoms in total. The molecule has 1 fully saturated rings. The number of imidazole rings is 1. The largest absolute Gasteiger partial charge is 0.484 e. The molecule has 0 bridgehead atoms. The van der Waals surface area contributed by atoms with Gasteiger partial charge in [-0.2, -0.15) is 13.2 Å². The van der Waals surface area contributed by atoms with E-state index in [2.05, 4.69) is 9.88 Å². The van der Waals surface area contributed by atoms with Crippen LogP contribution in [0.1, 0.15) is 24.2 Å². The summed E-state index contributed by atoms with van der Waals surface area (Å²) in [4.78, 5) is 6.70. The van der Waals surface area contributed by atoms with Crippen LogP contribution >= 0.6 is 0 Å². The van der Waals surface area contributed by atoms with Gasteiger partial charge in [-0.25, -0.2) is 4.98 Å². The Kier molecular flexibility index (Phi) is 5.86. The van der Waals surface area contributed by atoms with Gasteiger partial charge in [0.05, 0.1) is 0 Å². The molecule has 3 rings (SSSR count). The number of alkyl halides is 3. The molecule has 142 valence electrons. The topological polar surface area (TPSA) is 30.3 Å². The smallest absolute Gasteiger partial charge is 0.422 e. The number of aryl methyl sites for hydroxylation is 1. The minimum atomic E-state index is -4.33. The highest BCUT2D eigenvalue weighted by Crippen LogP contribution is 2.26. The number of piperidine rings is 1. The zero-order valence-electron chi connectivity index (χ0n) is 14.9. The number of rotatable bonds is 6. The van der Waals surface area contributed by atoms with Crippen LogP contribution in [0.25, 0.3) is 0 Å². The summed E-state index contributed by atoms with van der Waals surface area (Å²) in [6.45, 7) is 1.21. The molecule has 7 heteroatoms. The van der Waals surface area contributed by atoms with Crippen LogP contribution in [0.3, 0.4) is 0 Å². The van der Waals surface area contributed by atoms with Crippen LogP contribution in [-0.4, -0.2) is 40.3 Å². The average Bonchev–Trinajstić information content (AvgIpc) is 2.99. The third kappa shape index (κ3) is 5.24. The van der Waals surface area contributed by atoms with E-state index in [-0.39, 0.29) is 0 Å². The number of hydrogen-bond donors (Lipinski definition) is 0. The molecule has 1 aliphatic rings. The number of halogens is 3. The van der Waals surface area contributed by atoms with Crippen molar-refractivity contribution in [3.63, 3.8) is 0 Å². The summed E-state index contributed by atoms with van der Waals surface area (Å²) in [6, 6.07) is 6.99. The van der Waals surface area contributed by atoms with Crippen molar-refractivity contribution in [3.8, 4) is 5.75 Å². The Labute approximate surface area is 151 Å². The maximum absolute atomic E-state index is 12.5. The second-order valence-electron chi connectivity index (χ2n) is 6.91. The Morgan fingerprint density at radius 2 is 2.08 bits per heavy atom. The molecular formula is C19H24F3N3O. The van der Waals surface area contributed by atoms with E-state index in [4.69, 9.17) is 4.74 Å². The van der Waals surface area contributed by atoms with Gasteiger partial charge in [-0.1, -0.05) is 18.2 Å². The first kappa shape index (κ1) is 18.8. The number of hydrogen-bond acceptors (Lipinski definition) is 3. The maximum Gasteiger partial charge on any atom is 0.422 e. The van der Waals surface area contributed by atoms with Gasteiger partial charge in [-0.3, -0.25) is 4.90 Å². The quantitative estimate of drug-likeness (QED) is 0.778. The van der Waals surface area contributed by atoms with Crippen LogP contribution < -0.4 is 4.74 Å². The van der Waals surface area contributed by atoms with E-state index in [0.717, 1.165) is 43.7 Å². The number of benzene rings is 1. The minimum Gasteiger partial charge on any atom is -0.484 e. The molecule has 0 spiro atoms. The number of aromatic nitrogens is 2. The molecule has 1 saturated heterocycles. The first-order valence-corrected chi connectivity index (χ1v) is 8.87. The third-order valence-corrected chi connectivity index (χ3v) is 4.75.